The van der Waals surface area contributed by atoms with Gasteiger partial charge >= 0.3 is 5.97 Å². The number of carbonyl (C=O) groups excluding carboxylic acids is 1. The Hall–Kier alpha value is -4.11. The Morgan fingerprint density at radius 2 is 1.75 bits per heavy atom. The Morgan fingerprint density at radius 1 is 1.03 bits per heavy atom. The number of halogens is 1. The van der Waals surface area contributed by atoms with Gasteiger partial charge in [0, 0.05) is 5.56 Å². The molecule has 0 fully saturated rings. The number of benzene rings is 3. The molecule has 0 aliphatic rings. The summed E-state index contributed by atoms with van der Waals surface area (Å²) < 4.78 is 30.4. The molecule has 3 rings (SSSR count). The van der Waals surface area contributed by atoms with Crippen molar-refractivity contribution in [1.82, 2.24) is 0 Å². The quantitative estimate of drug-likeness (QED) is 0.214. The summed E-state index contributed by atoms with van der Waals surface area (Å²) in [6.07, 6.45) is 1.54. The summed E-state index contributed by atoms with van der Waals surface area (Å²) in [6.45, 7) is 3.54. The summed E-state index contributed by atoms with van der Waals surface area (Å²) in [4.78, 5) is 12.3. The molecule has 0 radical (unpaired) electrons. The van der Waals surface area contributed by atoms with E-state index in [0.717, 1.165) is 11.1 Å². The highest BCUT2D eigenvalue weighted by Crippen LogP contribution is 2.30. The number of methoxy groups -OCH3 is 1. The fraction of sp³-hybridized carbons (Fsp3) is 0.154. The number of nitriles is 1. The molecule has 5 nitrogen and oxygen atoms in total. The molecule has 3 aromatic carbocycles. The molecule has 162 valence electrons. The number of hydrogen-bond acceptors (Lipinski definition) is 5. The number of ether oxygens (including phenoxy) is 3. The first-order chi connectivity index (χ1) is 15.4. The Balaban J connectivity index is 1.76. The van der Waals surface area contributed by atoms with Crippen LogP contribution < -0.4 is 14.2 Å². The number of aryl methyl sites for hydroxylation is 2. The van der Waals surface area contributed by atoms with Crippen LogP contribution in [0.1, 0.15) is 22.3 Å². The SMILES string of the molecule is COc1cc(/C=C(/C#N)c2ccccc2F)ccc1OC(=O)COc1c(C)cccc1C. The number of nitrogens with zero attached hydrogens (tertiary/aromatic N) is 1. The molecule has 3 aromatic rings. The summed E-state index contributed by atoms with van der Waals surface area (Å²) in [5, 5.41) is 9.46. The lowest BCUT2D eigenvalue weighted by Gasteiger charge is -2.13. The average molecular weight is 431 g/mol. The third-order valence-corrected chi connectivity index (χ3v) is 4.75. The van der Waals surface area contributed by atoms with E-state index in [-0.39, 0.29) is 23.5 Å². The van der Waals surface area contributed by atoms with Crippen LogP contribution in [-0.2, 0) is 4.79 Å². The summed E-state index contributed by atoms with van der Waals surface area (Å²) in [6, 6.07) is 18.6. The van der Waals surface area contributed by atoms with E-state index in [9.17, 15) is 14.4 Å². The summed E-state index contributed by atoms with van der Waals surface area (Å²) in [5.41, 5.74) is 2.81. The first-order valence-electron chi connectivity index (χ1n) is 9.87. The van der Waals surface area contributed by atoms with Gasteiger partial charge in [-0.25, -0.2) is 9.18 Å². The molecule has 0 unspecified atom stereocenters. The van der Waals surface area contributed by atoms with E-state index < -0.39 is 11.8 Å². The molecule has 0 aromatic heterocycles. The van der Waals surface area contributed by atoms with Gasteiger partial charge in [0.1, 0.15) is 11.6 Å². The number of rotatable bonds is 7. The minimum atomic E-state index is -0.585. The van der Waals surface area contributed by atoms with E-state index in [2.05, 4.69) is 0 Å². The van der Waals surface area contributed by atoms with E-state index in [1.54, 1.807) is 30.3 Å². The largest absolute Gasteiger partial charge is 0.493 e. The molecule has 0 bridgehead atoms. The molecule has 0 atom stereocenters. The van der Waals surface area contributed by atoms with Crippen molar-refractivity contribution in [3.63, 3.8) is 0 Å². The Bertz CT molecular complexity index is 1190. The van der Waals surface area contributed by atoms with E-state index >= 15 is 0 Å². The number of hydrogen-bond donors (Lipinski definition) is 0. The van der Waals surface area contributed by atoms with Crippen LogP contribution in [0.15, 0.2) is 60.7 Å². The van der Waals surface area contributed by atoms with Crippen LogP contribution in [0.2, 0.25) is 0 Å². The topological polar surface area (TPSA) is 68.5 Å². The van der Waals surface area contributed by atoms with Crippen molar-refractivity contribution in [2.75, 3.05) is 13.7 Å². The van der Waals surface area contributed by atoms with Gasteiger partial charge < -0.3 is 14.2 Å². The maximum absolute atomic E-state index is 14.0. The number of carbonyl (C=O) groups is 1. The van der Waals surface area contributed by atoms with Gasteiger partial charge in [-0.1, -0.05) is 42.5 Å². The van der Waals surface area contributed by atoms with Gasteiger partial charge in [-0.3, -0.25) is 0 Å². The van der Waals surface area contributed by atoms with Gasteiger partial charge in [0.25, 0.3) is 0 Å². The van der Waals surface area contributed by atoms with Gasteiger partial charge in [0.05, 0.1) is 18.8 Å². The van der Waals surface area contributed by atoms with Crippen molar-refractivity contribution < 1.29 is 23.4 Å². The van der Waals surface area contributed by atoms with E-state index in [1.807, 2.05) is 38.1 Å². The molecule has 6 heteroatoms. The van der Waals surface area contributed by atoms with Crippen molar-refractivity contribution in [3.05, 3.63) is 88.7 Å². The molecular weight excluding hydrogens is 409 g/mol. The fourth-order valence-electron chi connectivity index (χ4n) is 3.18. The van der Waals surface area contributed by atoms with E-state index in [4.69, 9.17) is 14.2 Å². The maximum atomic E-state index is 14.0. The molecule has 0 N–H and O–H groups in total. The second kappa shape index (κ2) is 10.3. The first kappa shape index (κ1) is 22.6. The molecule has 32 heavy (non-hydrogen) atoms. The van der Waals surface area contributed by atoms with Gasteiger partial charge in [0.15, 0.2) is 18.1 Å². The molecule has 0 saturated heterocycles. The number of allylic oxidation sites excluding steroid dienone is 1. The van der Waals surface area contributed by atoms with Crippen molar-refractivity contribution in [3.8, 4) is 23.3 Å². The second-order valence-electron chi connectivity index (χ2n) is 7.04. The average Bonchev–Trinajstić information content (AvgIpc) is 2.78. The van der Waals surface area contributed by atoms with Crippen molar-refractivity contribution in [1.29, 1.82) is 5.26 Å². The molecule has 0 saturated carbocycles. The molecule has 0 spiro atoms. The zero-order valence-electron chi connectivity index (χ0n) is 18.0. The zero-order valence-corrected chi connectivity index (χ0v) is 18.0. The van der Waals surface area contributed by atoms with Gasteiger partial charge in [-0.2, -0.15) is 5.26 Å². The molecular formula is C26H22FNO4. The maximum Gasteiger partial charge on any atom is 0.349 e. The van der Waals surface area contributed by atoms with Gasteiger partial charge in [-0.05, 0) is 54.8 Å². The molecule has 0 aliphatic heterocycles. The normalized spacial score (nSPS) is 10.9. The van der Waals surface area contributed by atoms with Crippen molar-refractivity contribution in [2.45, 2.75) is 13.8 Å². The number of esters is 1. The monoisotopic (exact) mass is 431 g/mol. The van der Waals surface area contributed by atoms with Crippen LogP contribution in [0.5, 0.6) is 17.2 Å². The summed E-state index contributed by atoms with van der Waals surface area (Å²) >= 11 is 0. The smallest absolute Gasteiger partial charge is 0.349 e. The Morgan fingerprint density at radius 3 is 2.41 bits per heavy atom. The first-order valence-corrected chi connectivity index (χ1v) is 9.87. The van der Waals surface area contributed by atoms with Crippen LogP contribution in [0.25, 0.3) is 11.6 Å². The van der Waals surface area contributed by atoms with E-state index in [1.165, 1.54) is 25.3 Å². The van der Waals surface area contributed by atoms with Crippen LogP contribution in [0, 0.1) is 31.0 Å². The van der Waals surface area contributed by atoms with Gasteiger partial charge in [0.2, 0.25) is 0 Å². The van der Waals surface area contributed by atoms with Crippen LogP contribution in [0.4, 0.5) is 4.39 Å². The third-order valence-electron chi connectivity index (χ3n) is 4.75. The molecule has 0 aliphatic carbocycles. The highest BCUT2D eigenvalue weighted by molar-refractivity contribution is 5.90. The minimum Gasteiger partial charge on any atom is -0.493 e. The highest BCUT2D eigenvalue weighted by Gasteiger charge is 2.14. The van der Waals surface area contributed by atoms with Crippen molar-refractivity contribution in [2.24, 2.45) is 0 Å². The highest BCUT2D eigenvalue weighted by atomic mass is 19.1. The summed E-state index contributed by atoms with van der Waals surface area (Å²) in [5.74, 6) is 0.0863. The van der Waals surface area contributed by atoms with Crippen molar-refractivity contribution >= 4 is 17.6 Å². The second-order valence-corrected chi connectivity index (χ2v) is 7.04. The fourth-order valence-corrected chi connectivity index (χ4v) is 3.18. The lowest BCUT2D eigenvalue weighted by Crippen LogP contribution is -2.18. The standard InChI is InChI=1S/C26H22FNO4/c1-17-7-6-8-18(2)26(17)31-16-25(29)32-23-12-11-19(14-24(23)30-3)13-20(15-28)21-9-4-5-10-22(21)27/h4-14H,16H2,1-3H3/b20-13-. The number of para-hydroxylation sites is 1. The van der Waals surface area contributed by atoms with Gasteiger partial charge in [-0.15, -0.1) is 0 Å². The van der Waals surface area contributed by atoms with Crippen LogP contribution >= 0.6 is 0 Å². The molecule has 0 amide bonds. The third kappa shape index (κ3) is 5.32. The molecule has 0 heterocycles. The lowest BCUT2D eigenvalue weighted by atomic mass is 10.0. The predicted octanol–water partition coefficient (Wildman–Crippen LogP) is 5.50. The zero-order chi connectivity index (χ0) is 23.1. The lowest BCUT2D eigenvalue weighted by molar-refractivity contribution is -0.136. The predicted molar refractivity (Wildman–Crippen MR) is 120 cm³/mol. The summed E-state index contributed by atoms with van der Waals surface area (Å²) in [7, 11) is 1.44. The Kier molecular flexibility index (Phi) is 7.25. The Labute approximate surface area is 186 Å². The van der Waals surface area contributed by atoms with Crippen LogP contribution in [0.3, 0.4) is 0 Å². The van der Waals surface area contributed by atoms with E-state index in [0.29, 0.717) is 17.1 Å². The minimum absolute atomic E-state index is 0.164. The van der Waals surface area contributed by atoms with Crippen LogP contribution in [-0.4, -0.2) is 19.7 Å².